The third kappa shape index (κ3) is 4.79. The second-order valence-electron chi connectivity index (χ2n) is 5.65. The number of halogens is 1. The fraction of sp³-hybridized carbons (Fsp3) is 0.562. The SMILES string of the molecule is Cc1ccc(C(=O)NCCOC2CCC(N)CC2)c(F)c1. The van der Waals surface area contributed by atoms with Crippen molar-refractivity contribution in [1.82, 2.24) is 5.32 Å². The summed E-state index contributed by atoms with van der Waals surface area (Å²) in [7, 11) is 0. The molecule has 0 saturated heterocycles. The Morgan fingerprint density at radius 3 is 2.76 bits per heavy atom. The highest BCUT2D eigenvalue weighted by Gasteiger charge is 2.18. The minimum Gasteiger partial charge on any atom is -0.376 e. The average molecular weight is 294 g/mol. The molecule has 0 heterocycles. The van der Waals surface area contributed by atoms with Crippen LogP contribution in [0, 0.1) is 12.7 Å². The van der Waals surface area contributed by atoms with Crippen LogP contribution >= 0.6 is 0 Å². The van der Waals surface area contributed by atoms with Gasteiger partial charge in [-0.3, -0.25) is 4.79 Å². The Kier molecular flexibility index (Phi) is 5.70. The molecule has 0 unspecified atom stereocenters. The highest BCUT2D eigenvalue weighted by atomic mass is 19.1. The summed E-state index contributed by atoms with van der Waals surface area (Å²) in [5.74, 6) is -0.892. The van der Waals surface area contributed by atoms with Crippen molar-refractivity contribution in [3.8, 4) is 0 Å². The van der Waals surface area contributed by atoms with Crippen molar-refractivity contribution in [2.75, 3.05) is 13.2 Å². The van der Waals surface area contributed by atoms with Crippen molar-refractivity contribution in [3.63, 3.8) is 0 Å². The average Bonchev–Trinajstić information content (AvgIpc) is 2.45. The summed E-state index contributed by atoms with van der Waals surface area (Å²) in [5.41, 5.74) is 6.70. The Hall–Kier alpha value is -1.46. The van der Waals surface area contributed by atoms with Crippen LogP contribution in [0.25, 0.3) is 0 Å². The number of nitrogens with one attached hydrogen (secondary N) is 1. The Balaban J connectivity index is 1.69. The summed E-state index contributed by atoms with van der Waals surface area (Å²) >= 11 is 0. The third-order valence-corrected chi connectivity index (χ3v) is 3.83. The Morgan fingerprint density at radius 2 is 2.10 bits per heavy atom. The monoisotopic (exact) mass is 294 g/mol. The molecule has 0 spiro atoms. The van der Waals surface area contributed by atoms with Gasteiger partial charge in [0.1, 0.15) is 5.82 Å². The van der Waals surface area contributed by atoms with E-state index in [2.05, 4.69) is 5.32 Å². The van der Waals surface area contributed by atoms with E-state index in [1.165, 1.54) is 12.1 Å². The molecule has 4 nitrogen and oxygen atoms in total. The largest absolute Gasteiger partial charge is 0.376 e. The quantitative estimate of drug-likeness (QED) is 0.818. The lowest BCUT2D eigenvalue weighted by molar-refractivity contribution is 0.0267. The van der Waals surface area contributed by atoms with Gasteiger partial charge in [0.15, 0.2) is 0 Å². The molecule has 0 radical (unpaired) electrons. The maximum atomic E-state index is 13.6. The summed E-state index contributed by atoms with van der Waals surface area (Å²) in [6, 6.07) is 4.88. The first-order chi connectivity index (χ1) is 10.1. The van der Waals surface area contributed by atoms with E-state index in [1.807, 2.05) is 0 Å². The molecule has 0 aromatic heterocycles. The number of aryl methyl sites for hydroxylation is 1. The standard InChI is InChI=1S/C16H23FN2O2/c1-11-2-7-14(15(17)10-11)16(20)19-8-9-21-13-5-3-12(18)4-6-13/h2,7,10,12-13H,3-6,8-9,18H2,1H3,(H,19,20). The maximum absolute atomic E-state index is 13.6. The van der Waals surface area contributed by atoms with Crippen LogP contribution in [-0.4, -0.2) is 31.2 Å². The molecule has 5 heteroatoms. The fourth-order valence-electron chi connectivity index (χ4n) is 2.54. The van der Waals surface area contributed by atoms with E-state index >= 15 is 0 Å². The van der Waals surface area contributed by atoms with Crippen LogP contribution in [-0.2, 0) is 4.74 Å². The molecule has 1 amide bonds. The van der Waals surface area contributed by atoms with Gasteiger partial charge >= 0.3 is 0 Å². The first-order valence-electron chi connectivity index (χ1n) is 7.48. The van der Waals surface area contributed by atoms with Crippen LogP contribution in [0.1, 0.15) is 41.6 Å². The van der Waals surface area contributed by atoms with E-state index < -0.39 is 11.7 Å². The molecule has 1 aliphatic rings. The Morgan fingerprint density at radius 1 is 1.38 bits per heavy atom. The van der Waals surface area contributed by atoms with Crippen molar-refractivity contribution < 1.29 is 13.9 Å². The number of carbonyl (C=O) groups excluding carboxylic acids is 1. The highest BCUT2D eigenvalue weighted by Crippen LogP contribution is 2.19. The van der Waals surface area contributed by atoms with Crippen LogP contribution in [0.4, 0.5) is 4.39 Å². The molecule has 1 aromatic carbocycles. The van der Waals surface area contributed by atoms with Crippen LogP contribution in [0.15, 0.2) is 18.2 Å². The minimum atomic E-state index is -0.491. The van der Waals surface area contributed by atoms with Crippen molar-refractivity contribution in [1.29, 1.82) is 0 Å². The molecule has 1 saturated carbocycles. The topological polar surface area (TPSA) is 64.3 Å². The molecular formula is C16H23FN2O2. The van der Waals surface area contributed by atoms with E-state index in [9.17, 15) is 9.18 Å². The first-order valence-corrected chi connectivity index (χ1v) is 7.48. The van der Waals surface area contributed by atoms with E-state index in [0.717, 1.165) is 31.2 Å². The fourth-order valence-corrected chi connectivity index (χ4v) is 2.54. The molecule has 21 heavy (non-hydrogen) atoms. The predicted molar refractivity (Wildman–Crippen MR) is 79.7 cm³/mol. The predicted octanol–water partition coefficient (Wildman–Crippen LogP) is 2.15. The minimum absolute atomic E-state index is 0.0734. The van der Waals surface area contributed by atoms with E-state index in [1.54, 1.807) is 13.0 Å². The summed E-state index contributed by atoms with van der Waals surface area (Å²) in [5, 5.41) is 2.68. The van der Waals surface area contributed by atoms with Crippen molar-refractivity contribution >= 4 is 5.91 Å². The lowest BCUT2D eigenvalue weighted by Gasteiger charge is -2.26. The lowest BCUT2D eigenvalue weighted by Crippen LogP contribution is -2.33. The van der Waals surface area contributed by atoms with E-state index in [-0.39, 0.29) is 11.7 Å². The van der Waals surface area contributed by atoms with Gasteiger partial charge in [-0.05, 0) is 50.3 Å². The van der Waals surface area contributed by atoms with Gasteiger partial charge in [-0.1, -0.05) is 6.07 Å². The molecule has 1 aliphatic carbocycles. The summed E-state index contributed by atoms with van der Waals surface area (Å²) < 4.78 is 19.3. The number of amides is 1. The van der Waals surface area contributed by atoms with E-state index in [0.29, 0.717) is 19.2 Å². The molecule has 0 atom stereocenters. The van der Waals surface area contributed by atoms with Gasteiger partial charge in [0, 0.05) is 12.6 Å². The maximum Gasteiger partial charge on any atom is 0.254 e. The molecule has 1 fully saturated rings. The number of hydrogen-bond donors (Lipinski definition) is 2. The Bertz CT molecular complexity index is 485. The zero-order valence-corrected chi connectivity index (χ0v) is 12.4. The van der Waals surface area contributed by atoms with Gasteiger partial charge < -0.3 is 15.8 Å². The van der Waals surface area contributed by atoms with Gasteiger partial charge in [0.05, 0.1) is 18.3 Å². The number of hydrogen-bond acceptors (Lipinski definition) is 3. The molecule has 2 rings (SSSR count). The van der Waals surface area contributed by atoms with E-state index in [4.69, 9.17) is 10.5 Å². The second kappa shape index (κ2) is 7.52. The number of carbonyl (C=O) groups is 1. The molecular weight excluding hydrogens is 271 g/mol. The number of rotatable bonds is 5. The molecule has 3 N–H and O–H groups in total. The summed E-state index contributed by atoms with van der Waals surface area (Å²) in [6.07, 6.45) is 4.17. The van der Waals surface area contributed by atoms with Crippen LogP contribution < -0.4 is 11.1 Å². The smallest absolute Gasteiger partial charge is 0.254 e. The van der Waals surface area contributed by atoms with Crippen molar-refractivity contribution in [2.45, 2.75) is 44.8 Å². The van der Waals surface area contributed by atoms with Gasteiger partial charge in [-0.15, -0.1) is 0 Å². The summed E-state index contributed by atoms with van der Waals surface area (Å²) in [4.78, 5) is 11.8. The zero-order valence-electron chi connectivity index (χ0n) is 12.4. The molecule has 0 aliphatic heterocycles. The number of benzene rings is 1. The van der Waals surface area contributed by atoms with Crippen molar-refractivity contribution in [2.24, 2.45) is 5.73 Å². The second-order valence-corrected chi connectivity index (χ2v) is 5.65. The number of ether oxygens (including phenoxy) is 1. The normalized spacial score (nSPS) is 22.0. The van der Waals surface area contributed by atoms with Gasteiger partial charge in [0.2, 0.25) is 0 Å². The molecule has 0 bridgehead atoms. The molecule has 1 aromatic rings. The van der Waals surface area contributed by atoms with Gasteiger partial charge in [-0.2, -0.15) is 0 Å². The highest BCUT2D eigenvalue weighted by molar-refractivity contribution is 5.94. The van der Waals surface area contributed by atoms with Crippen LogP contribution in [0.3, 0.4) is 0 Å². The van der Waals surface area contributed by atoms with Crippen LogP contribution in [0.2, 0.25) is 0 Å². The molecule has 116 valence electrons. The van der Waals surface area contributed by atoms with Crippen LogP contribution in [0.5, 0.6) is 0 Å². The number of nitrogens with two attached hydrogens (primary N) is 1. The van der Waals surface area contributed by atoms with Gasteiger partial charge in [0.25, 0.3) is 5.91 Å². The Labute approximate surface area is 124 Å². The van der Waals surface area contributed by atoms with Gasteiger partial charge in [-0.25, -0.2) is 4.39 Å². The lowest BCUT2D eigenvalue weighted by atomic mass is 9.94. The first kappa shape index (κ1) is 15.9. The third-order valence-electron chi connectivity index (χ3n) is 3.83. The van der Waals surface area contributed by atoms with Crippen molar-refractivity contribution in [3.05, 3.63) is 35.1 Å². The zero-order chi connectivity index (χ0) is 15.2. The summed E-state index contributed by atoms with van der Waals surface area (Å²) in [6.45, 7) is 2.61.